The molecule has 0 aromatic heterocycles. The Morgan fingerprint density at radius 1 is 1.24 bits per heavy atom. The first kappa shape index (κ1) is 19.4. The van der Waals surface area contributed by atoms with E-state index in [0.717, 1.165) is 19.3 Å². The second-order valence-corrected chi connectivity index (χ2v) is 7.09. The van der Waals surface area contributed by atoms with Crippen LogP contribution >= 0.6 is 12.2 Å². The van der Waals surface area contributed by atoms with Crippen molar-refractivity contribution in [2.45, 2.75) is 58.4 Å². The highest BCUT2D eigenvalue weighted by Gasteiger charge is 2.19. The van der Waals surface area contributed by atoms with Gasteiger partial charge < -0.3 is 16.0 Å². The lowest BCUT2D eigenvalue weighted by atomic mass is 10.0. The highest BCUT2D eigenvalue weighted by atomic mass is 32.1. The highest BCUT2D eigenvalue weighted by Crippen LogP contribution is 2.27. The Balaban J connectivity index is 1.93. The molecule has 1 aliphatic rings. The van der Waals surface area contributed by atoms with Crippen molar-refractivity contribution in [2.24, 2.45) is 5.92 Å². The number of hydrogen-bond donors (Lipinski definition) is 3. The summed E-state index contributed by atoms with van der Waals surface area (Å²) in [5, 5.41) is 8.87. The van der Waals surface area contributed by atoms with E-state index in [1.807, 2.05) is 19.9 Å². The van der Waals surface area contributed by atoms with E-state index in [1.54, 1.807) is 18.2 Å². The van der Waals surface area contributed by atoms with Crippen molar-refractivity contribution < 1.29 is 9.59 Å². The smallest absolute Gasteiger partial charge is 0.253 e. The van der Waals surface area contributed by atoms with Gasteiger partial charge in [0.15, 0.2) is 5.11 Å². The van der Waals surface area contributed by atoms with Crippen LogP contribution in [0.3, 0.4) is 0 Å². The van der Waals surface area contributed by atoms with E-state index >= 15 is 0 Å². The molecule has 0 saturated heterocycles. The lowest BCUT2D eigenvalue weighted by Gasteiger charge is -2.16. The summed E-state index contributed by atoms with van der Waals surface area (Å²) in [7, 11) is 0. The van der Waals surface area contributed by atoms with Crippen LogP contribution in [0.2, 0.25) is 0 Å². The van der Waals surface area contributed by atoms with Gasteiger partial charge in [-0.3, -0.25) is 9.59 Å². The number of hydrogen-bond acceptors (Lipinski definition) is 3. The van der Waals surface area contributed by atoms with Gasteiger partial charge in [-0.05, 0) is 56.5 Å². The fraction of sp³-hybridized carbons (Fsp3) is 0.526. The van der Waals surface area contributed by atoms with Crippen molar-refractivity contribution in [1.82, 2.24) is 10.6 Å². The number of rotatable bonds is 6. The van der Waals surface area contributed by atoms with Gasteiger partial charge in [0.25, 0.3) is 5.91 Å². The quantitative estimate of drug-likeness (QED) is 0.677. The fourth-order valence-electron chi connectivity index (χ4n) is 3.00. The average Bonchev–Trinajstić information content (AvgIpc) is 3.07. The summed E-state index contributed by atoms with van der Waals surface area (Å²) >= 11 is 5.24. The fourth-order valence-corrected chi connectivity index (χ4v) is 3.23. The van der Waals surface area contributed by atoms with E-state index in [2.05, 4.69) is 16.0 Å². The van der Waals surface area contributed by atoms with Gasteiger partial charge in [0.05, 0.1) is 11.3 Å². The summed E-state index contributed by atoms with van der Waals surface area (Å²) in [6.45, 7) is 3.98. The van der Waals surface area contributed by atoms with Gasteiger partial charge in [-0.15, -0.1) is 0 Å². The Bertz CT molecular complexity index is 627. The monoisotopic (exact) mass is 361 g/mol. The molecule has 3 N–H and O–H groups in total. The van der Waals surface area contributed by atoms with Crippen molar-refractivity contribution in [3.63, 3.8) is 0 Å². The third-order valence-electron chi connectivity index (χ3n) is 4.61. The van der Waals surface area contributed by atoms with Crippen LogP contribution in [-0.4, -0.2) is 23.0 Å². The minimum atomic E-state index is -0.155. The Labute approximate surface area is 155 Å². The van der Waals surface area contributed by atoms with Gasteiger partial charge in [0.1, 0.15) is 0 Å². The zero-order chi connectivity index (χ0) is 18.2. The minimum absolute atomic E-state index is 0.0639. The second-order valence-electron chi connectivity index (χ2n) is 6.69. The molecular formula is C19H27N3O2S. The maximum Gasteiger partial charge on any atom is 0.253 e. The summed E-state index contributed by atoms with van der Waals surface area (Å²) in [4.78, 5) is 24.5. The van der Waals surface area contributed by atoms with E-state index < -0.39 is 0 Å². The molecule has 1 unspecified atom stereocenters. The van der Waals surface area contributed by atoms with E-state index in [0.29, 0.717) is 23.6 Å². The van der Waals surface area contributed by atoms with Gasteiger partial charge in [-0.1, -0.05) is 31.9 Å². The maximum atomic E-state index is 12.4. The van der Waals surface area contributed by atoms with Gasteiger partial charge in [0.2, 0.25) is 5.91 Å². The standard InChI is InChI=1S/C19H27N3O2S/c1-3-13(2)20-18(24)15-10-6-7-11-16(15)21-19(25)22-17(23)12-14-8-4-5-9-14/h6-7,10-11,13-14H,3-5,8-9,12H2,1-2H3,(H,20,24)(H2,21,22,23,25). The lowest BCUT2D eigenvalue weighted by Crippen LogP contribution is -2.36. The molecule has 25 heavy (non-hydrogen) atoms. The van der Waals surface area contributed by atoms with Gasteiger partial charge in [-0.25, -0.2) is 0 Å². The molecule has 0 aliphatic heterocycles. The summed E-state index contributed by atoms with van der Waals surface area (Å²) in [6.07, 6.45) is 6.02. The first-order valence-corrected chi connectivity index (χ1v) is 9.41. The summed E-state index contributed by atoms with van der Waals surface area (Å²) in [5.74, 6) is 0.250. The largest absolute Gasteiger partial charge is 0.350 e. The Morgan fingerprint density at radius 2 is 1.92 bits per heavy atom. The van der Waals surface area contributed by atoms with Crippen molar-refractivity contribution in [1.29, 1.82) is 0 Å². The zero-order valence-corrected chi connectivity index (χ0v) is 15.7. The number of thiocarbonyl (C=S) groups is 1. The van der Waals surface area contributed by atoms with Crippen LogP contribution in [-0.2, 0) is 4.79 Å². The SMILES string of the molecule is CCC(C)NC(=O)c1ccccc1NC(=S)NC(=O)CC1CCCC1. The molecule has 6 heteroatoms. The van der Waals surface area contributed by atoms with Crippen LogP contribution in [0.5, 0.6) is 0 Å². The molecular weight excluding hydrogens is 334 g/mol. The predicted octanol–water partition coefficient (Wildman–Crippen LogP) is 3.61. The molecule has 0 radical (unpaired) electrons. The molecule has 5 nitrogen and oxygen atoms in total. The maximum absolute atomic E-state index is 12.4. The van der Waals surface area contributed by atoms with Crippen LogP contribution in [0.25, 0.3) is 0 Å². The van der Waals surface area contributed by atoms with Crippen LogP contribution in [0.1, 0.15) is 62.7 Å². The predicted molar refractivity (Wildman–Crippen MR) is 105 cm³/mol. The molecule has 0 bridgehead atoms. The number of para-hydroxylation sites is 1. The normalized spacial score (nSPS) is 15.4. The molecule has 2 amide bonds. The Hall–Kier alpha value is -1.95. The molecule has 1 aromatic rings. The molecule has 1 aromatic carbocycles. The molecule has 0 heterocycles. The lowest BCUT2D eigenvalue weighted by molar-refractivity contribution is -0.120. The molecule has 1 fully saturated rings. The van der Waals surface area contributed by atoms with Crippen molar-refractivity contribution in [3.05, 3.63) is 29.8 Å². The van der Waals surface area contributed by atoms with Crippen molar-refractivity contribution in [3.8, 4) is 0 Å². The third-order valence-corrected chi connectivity index (χ3v) is 4.82. The molecule has 1 saturated carbocycles. The molecule has 136 valence electrons. The average molecular weight is 362 g/mol. The number of carbonyl (C=O) groups is 2. The highest BCUT2D eigenvalue weighted by molar-refractivity contribution is 7.80. The number of benzene rings is 1. The van der Waals surface area contributed by atoms with E-state index in [9.17, 15) is 9.59 Å². The number of anilines is 1. The van der Waals surface area contributed by atoms with Crippen molar-refractivity contribution >= 4 is 34.8 Å². The topological polar surface area (TPSA) is 70.2 Å². The minimum Gasteiger partial charge on any atom is -0.350 e. The molecule has 1 aliphatic carbocycles. The summed E-state index contributed by atoms with van der Waals surface area (Å²) < 4.78 is 0. The third kappa shape index (κ3) is 6.12. The molecule has 2 rings (SSSR count). The van der Waals surface area contributed by atoms with E-state index in [4.69, 9.17) is 12.2 Å². The molecule has 1 atom stereocenters. The van der Waals surface area contributed by atoms with Crippen LogP contribution < -0.4 is 16.0 Å². The number of carbonyl (C=O) groups excluding carboxylic acids is 2. The number of nitrogens with one attached hydrogen (secondary N) is 3. The first-order chi connectivity index (χ1) is 12.0. The summed E-state index contributed by atoms with van der Waals surface area (Å²) in [5.41, 5.74) is 1.10. The van der Waals surface area contributed by atoms with Crippen LogP contribution in [0.15, 0.2) is 24.3 Å². The summed E-state index contributed by atoms with van der Waals surface area (Å²) in [6, 6.07) is 7.24. The second kappa shape index (κ2) is 9.51. The Morgan fingerprint density at radius 3 is 2.60 bits per heavy atom. The van der Waals surface area contributed by atoms with Crippen LogP contribution in [0, 0.1) is 5.92 Å². The van der Waals surface area contributed by atoms with Gasteiger partial charge in [-0.2, -0.15) is 0 Å². The van der Waals surface area contributed by atoms with Gasteiger partial charge in [0, 0.05) is 12.5 Å². The zero-order valence-electron chi connectivity index (χ0n) is 14.9. The van der Waals surface area contributed by atoms with Crippen LogP contribution in [0.4, 0.5) is 5.69 Å². The molecule has 0 spiro atoms. The first-order valence-electron chi connectivity index (χ1n) is 9.00. The Kier molecular flexibility index (Phi) is 7.37. The number of amides is 2. The van der Waals surface area contributed by atoms with E-state index in [-0.39, 0.29) is 23.0 Å². The van der Waals surface area contributed by atoms with Gasteiger partial charge >= 0.3 is 0 Å². The van der Waals surface area contributed by atoms with E-state index in [1.165, 1.54) is 12.8 Å². The van der Waals surface area contributed by atoms with Crippen molar-refractivity contribution in [2.75, 3.05) is 5.32 Å².